The van der Waals surface area contributed by atoms with Crippen LogP contribution in [0.4, 0.5) is 19.0 Å². The highest BCUT2D eigenvalue weighted by atomic mass is 19.4. The lowest BCUT2D eigenvalue weighted by Gasteiger charge is -2.36. The van der Waals surface area contributed by atoms with E-state index in [9.17, 15) is 13.2 Å². The second-order valence-corrected chi connectivity index (χ2v) is 9.47. The Morgan fingerprint density at radius 1 is 1.06 bits per heavy atom. The summed E-state index contributed by atoms with van der Waals surface area (Å²) >= 11 is 0. The summed E-state index contributed by atoms with van der Waals surface area (Å²) in [5.74, 6) is 2.19. The maximum Gasteiger partial charge on any atom is 0.434 e. The quantitative estimate of drug-likeness (QED) is 0.360. The number of hydrogen-bond acceptors (Lipinski definition) is 5. The number of anilines is 1. The van der Waals surface area contributed by atoms with Crippen LogP contribution in [0.3, 0.4) is 0 Å². The van der Waals surface area contributed by atoms with Crippen molar-refractivity contribution >= 4 is 5.82 Å². The standard InChI is InChI=1S/C26H28F3N7/c1-15(2)22-19(7-6-10-30-22)23-24-16(3)35(11-12-36(24)17(4)32-23)21-9-8-18(13-31-21)25-33-20(14-34(25)5)26(27,28)29/h6-10,13-16H,11-12H2,1-5H3/t16-/m0/s1. The molecule has 0 aliphatic carbocycles. The SMILES string of the molecule is Cc1nc(-c2cccnc2C(C)C)c2n1CCN(c1ccc(-c3nc(C(F)(F)F)cn3C)cn1)[C@H]2C. The Bertz CT molecular complexity index is 1400. The van der Waals surface area contributed by atoms with E-state index in [-0.39, 0.29) is 17.8 Å². The van der Waals surface area contributed by atoms with E-state index >= 15 is 0 Å². The molecule has 0 amide bonds. The summed E-state index contributed by atoms with van der Waals surface area (Å²) in [5, 5.41) is 0. The van der Waals surface area contributed by atoms with E-state index < -0.39 is 11.9 Å². The number of imidazole rings is 2. The second kappa shape index (κ2) is 8.76. The molecule has 0 radical (unpaired) electrons. The van der Waals surface area contributed by atoms with Crippen LogP contribution in [-0.2, 0) is 19.8 Å². The monoisotopic (exact) mass is 495 g/mol. The number of aromatic nitrogens is 6. The van der Waals surface area contributed by atoms with Crippen molar-refractivity contribution in [3.63, 3.8) is 0 Å². The van der Waals surface area contributed by atoms with Gasteiger partial charge in [-0.05, 0) is 44.0 Å². The molecule has 0 unspecified atom stereocenters. The number of nitrogens with zero attached hydrogens (tertiary/aromatic N) is 7. The van der Waals surface area contributed by atoms with E-state index in [1.165, 1.54) is 4.57 Å². The van der Waals surface area contributed by atoms with Gasteiger partial charge in [0.15, 0.2) is 5.69 Å². The summed E-state index contributed by atoms with van der Waals surface area (Å²) in [7, 11) is 1.55. The minimum atomic E-state index is -4.49. The van der Waals surface area contributed by atoms with Gasteiger partial charge in [-0.1, -0.05) is 13.8 Å². The van der Waals surface area contributed by atoms with Crippen molar-refractivity contribution < 1.29 is 13.2 Å². The highest BCUT2D eigenvalue weighted by Gasteiger charge is 2.35. The van der Waals surface area contributed by atoms with Gasteiger partial charge in [-0.15, -0.1) is 0 Å². The predicted octanol–water partition coefficient (Wildman–Crippen LogP) is 5.77. The molecule has 1 aliphatic rings. The summed E-state index contributed by atoms with van der Waals surface area (Å²) in [6.45, 7) is 9.90. The first-order chi connectivity index (χ1) is 17.1. The van der Waals surface area contributed by atoms with Crippen LogP contribution in [0, 0.1) is 6.92 Å². The van der Waals surface area contributed by atoms with E-state index in [1.807, 2.05) is 25.3 Å². The van der Waals surface area contributed by atoms with Crippen LogP contribution < -0.4 is 4.90 Å². The molecule has 7 nitrogen and oxygen atoms in total. The number of alkyl halides is 3. The van der Waals surface area contributed by atoms with Gasteiger partial charge < -0.3 is 14.0 Å². The van der Waals surface area contributed by atoms with Gasteiger partial charge >= 0.3 is 6.18 Å². The average Bonchev–Trinajstić information content (AvgIpc) is 3.40. The molecule has 4 aromatic heterocycles. The fourth-order valence-corrected chi connectivity index (χ4v) is 4.98. The van der Waals surface area contributed by atoms with E-state index in [0.717, 1.165) is 53.6 Å². The Hall–Kier alpha value is -3.69. The largest absolute Gasteiger partial charge is 0.434 e. The minimum absolute atomic E-state index is 0.0153. The number of hydrogen-bond donors (Lipinski definition) is 0. The maximum atomic E-state index is 13.1. The molecular weight excluding hydrogens is 467 g/mol. The van der Waals surface area contributed by atoms with E-state index in [2.05, 4.69) is 51.3 Å². The molecule has 188 valence electrons. The lowest BCUT2D eigenvalue weighted by atomic mass is 9.97. The number of fused-ring (bicyclic) bond motifs is 1. The Kier molecular flexibility index (Phi) is 5.84. The Labute approximate surface area is 207 Å². The van der Waals surface area contributed by atoms with Crippen LogP contribution in [0.2, 0.25) is 0 Å². The smallest absolute Gasteiger partial charge is 0.346 e. The van der Waals surface area contributed by atoms with Crippen LogP contribution in [0.1, 0.15) is 55.6 Å². The molecule has 0 saturated heterocycles. The van der Waals surface area contributed by atoms with Gasteiger partial charge in [0.1, 0.15) is 17.5 Å². The molecule has 0 N–H and O–H groups in total. The predicted molar refractivity (Wildman–Crippen MR) is 131 cm³/mol. The van der Waals surface area contributed by atoms with Crippen LogP contribution in [0.15, 0.2) is 42.9 Å². The molecule has 36 heavy (non-hydrogen) atoms. The molecule has 10 heteroatoms. The van der Waals surface area contributed by atoms with Gasteiger partial charge in [0.2, 0.25) is 0 Å². The highest BCUT2D eigenvalue weighted by Crippen LogP contribution is 2.39. The molecule has 0 fully saturated rings. The molecular formula is C26H28F3N7. The maximum absolute atomic E-state index is 13.1. The summed E-state index contributed by atoms with van der Waals surface area (Å²) < 4.78 is 42.9. The third-order valence-electron chi connectivity index (χ3n) is 6.73. The van der Waals surface area contributed by atoms with Crippen molar-refractivity contribution in [3.8, 4) is 22.6 Å². The average molecular weight is 496 g/mol. The Morgan fingerprint density at radius 2 is 1.83 bits per heavy atom. The molecule has 1 aliphatic heterocycles. The first kappa shape index (κ1) is 24.0. The molecule has 5 heterocycles. The van der Waals surface area contributed by atoms with Gasteiger partial charge in [0.25, 0.3) is 0 Å². The van der Waals surface area contributed by atoms with Crippen LogP contribution in [0.5, 0.6) is 0 Å². The van der Waals surface area contributed by atoms with Crippen molar-refractivity contribution in [2.75, 3.05) is 11.4 Å². The minimum Gasteiger partial charge on any atom is -0.346 e. The van der Waals surface area contributed by atoms with Crippen molar-refractivity contribution in [2.45, 2.75) is 52.4 Å². The normalized spacial score (nSPS) is 16.0. The fourth-order valence-electron chi connectivity index (χ4n) is 4.98. The molecule has 0 saturated carbocycles. The van der Waals surface area contributed by atoms with Crippen LogP contribution in [0.25, 0.3) is 22.6 Å². The van der Waals surface area contributed by atoms with Crippen molar-refractivity contribution in [2.24, 2.45) is 7.05 Å². The zero-order valence-electron chi connectivity index (χ0n) is 20.9. The molecule has 0 bridgehead atoms. The number of aryl methyl sites for hydroxylation is 2. The molecule has 0 aromatic carbocycles. The second-order valence-electron chi connectivity index (χ2n) is 9.47. The third-order valence-corrected chi connectivity index (χ3v) is 6.73. The highest BCUT2D eigenvalue weighted by molar-refractivity contribution is 5.68. The summed E-state index contributed by atoms with van der Waals surface area (Å²) in [5.41, 5.74) is 3.71. The van der Waals surface area contributed by atoms with E-state index in [4.69, 9.17) is 4.98 Å². The van der Waals surface area contributed by atoms with Gasteiger partial charge in [-0.25, -0.2) is 15.0 Å². The molecule has 0 spiro atoms. The van der Waals surface area contributed by atoms with E-state index in [1.54, 1.807) is 19.3 Å². The molecule has 5 rings (SSSR count). The zero-order chi connectivity index (χ0) is 25.8. The van der Waals surface area contributed by atoms with Crippen molar-refractivity contribution in [1.82, 2.24) is 29.1 Å². The lowest BCUT2D eigenvalue weighted by molar-refractivity contribution is -0.140. The molecule has 4 aromatic rings. The number of halogens is 3. The third kappa shape index (κ3) is 4.04. The van der Waals surface area contributed by atoms with E-state index in [0.29, 0.717) is 5.56 Å². The van der Waals surface area contributed by atoms with Gasteiger partial charge in [0.05, 0.1) is 23.1 Å². The number of pyridine rings is 2. The zero-order valence-corrected chi connectivity index (χ0v) is 20.9. The van der Waals surface area contributed by atoms with Gasteiger partial charge in [0, 0.05) is 49.9 Å². The van der Waals surface area contributed by atoms with Crippen molar-refractivity contribution in [3.05, 3.63) is 65.8 Å². The Balaban J connectivity index is 1.49. The van der Waals surface area contributed by atoms with Gasteiger partial charge in [-0.3, -0.25) is 4.98 Å². The van der Waals surface area contributed by atoms with Crippen LogP contribution >= 0.6 is 0 Å². The summed E-state index contributed by atoms with van der Waals surface area (Å²) in [6.07, 6.45) is -0.102. The van der Waals surface area contributed by atoms with Gasteiger partial charge in [-0.2, -0.15) is 13.2 Å². The first-order valence-electron chi connectivity index (χ1n) is 11.9. The summed E-state index contributed by atoms with van der Waals surface area (Å²) in [6, 6.07) is 7.61. The Morgan fingerprint density at radius 3 is 2.47 bits per heavy atom. The fraction of sp³-hybridized carbons (Fsp3) is 0.385. The lowest BCUT2D eigenvalue weighted by Crippen LogP contribution is -2.37. The molecule has 1 atom stereocenters. The van der Waals surface area contributed by atoms with Crippen molar-refractivity contribution in [1.29, 1.82) is 0 Å². The topological polar surface area (TPSA) is 64.7 Å². The number of rotatable bonds is 4. The first-order valence-corrected chi connectivity index (χ1v) is 11.9. The summed E-state index contributed by atoms with van der Waals surface area (Å²) in [4.78, 5) is 20.2. The van der Waals surface area contributed by atoms with Crippen LogP contribution in [-0.4, -0.2) is 35.6 Å².